The second-order valence-electron chi connectivity index (χ2n) is 5.70. The van der Waals surface area contributed by atoms with Crippen LogP contribution in [0.5, 0.6) is 0 Å². The Morgan fingerprint density at radius 2 is 1.57 bits per heavy atom. The lowest BCUT2D eigenvalue weighted by atomic mass is 10.1. The Hall–Kier alpha value is -1.63. The van der Waals surface area contributed by atoms with Gasteiger partial charge in [-0.05, 0) is 17.2 Å². The van der Waals surface area contributed by atoms with Crippen molar-refractivity contribution < 1.29 is 72.1 Å². The van der Waals surface area contributed by atoms with Crippen LogP contribution in [0.4, 0.5) is 0 Å². The number of hydrogen-bond acceptors (Lipinski definition) is 4. The number of nitrogens with zero attached hydrogens (tertiary/aromatic N) is 3. The molecule has 0 atom stereocenters. The summed E-state index contributed by atoms with van der Waals surface area (Å²) in [5.74, 6) is 0. The molecule has 2 N–H and O–H groups in total. The topological polar surface area (TPSA) is 69.8 Å². The van der Waals surface area contributed by atoms with Crippen molar-refractivity contribution in [1.29, 1.82) is 0 Å². The zero-order chi connectivity index (χ0) is 18.2. The van der Waals surface area contributed by atoms with Crippen molar-refractivity contribution in [1.82, 2.24) is 0 Å². The Balaban J connectivity index is 0.00000196. The summed E-state index contributed by atoms with van der Waals surface area (Å²) in [7, 11) is 0. The molecule has 0 bridgehead atoms. The molecule has 8 heteroatoms. The van der Waals surface area contributed by atoms with Crippen molar-refractivity contribution in [3.8, 4) is 11.1 Å². The van der Waals surface area contributed by atoms with Crippen LogP contribution < -0.4 is 57.1 Å². The van der Waals surface area contributed by atoms with Crippen LogP contribution >= 0.6 is 0 Å². The Kier molecular flexibility index (Phi) is 11.1. The third-order valence-corrected chi connectivity index (χ3v) is 4.02. The van der Waals surface area contributed by atoms with Gasteiger partial charge >= 0.3 is 0 Å². The number of pyridine rings is 2. The van der Waals surface area contributed by atoms with E-state index < -0.39 is 0 Å². The summed E-state index contributed by atoms with van der Waals surface area (Å²) in [6.45, 7) is 0.508. The van der Waals surface area contributed by atoms with E-state index in [9.17, 15) is 5.11 Å². The fourth-order valence-electron chi connectivity index (χ4n) is 2.67. The summed E-state index contributed by atoms with van der Waals surface area (Å²) in [5, 5.41) is 21.5. The maximum absolute atomic E-state index is 9.69. The highest BCUT2D eigenvalue weighted by Crippen LogP contribution is 2.18. The van der Waals surface area contributed by atoms with E-state index in [1.807, 2.05) is 82.2 Å². The lowest BCUT2D eigenvalue weighted by molar-refractivity contribution is -0.792. The molecule has 0 saturated carbocycles. The number of aromatic nitrogens is 2. The SMILES string of the molecule is OCc1cc(-c2ccccc2)cc[n+]1COC[n+]1ccccc1C=NO.[I-].[I-]. The van der Waals surface area contributed by atoms with E-state index in [1.54, 1.807) is 0 Å². The maximum Gasteiger partial charge on any atom is 0.258 e. The second-order valence-corrected chi connectivity index (χ2v) is 5.70. The van der Waals surface area contributed by atoms with Crippen LogP contribution in [0.2, 0.25) is 0 Å². The first-order valence-corrected chi connectivity index (χ1v) is 8.24. The van der Waals surface area contributed by atoms with Gasteiger partial charge in [0.1, 0.15) is 12.8 Å². The van der Waals surface area contributed by atoms with Crippen LogP contribution in [0.1, 0.15) is 11.4 Å². The van der Waals surface area contributed by atoms with Crippen molar-refractivity contribution in [2.24, 2.45) is 5.16 Å². The van der Waals surface area contributed by atoms with Crippen molar-refractivity contribution >= 4 is 6.21 Å². The van der Waals surface area contributed by atoms with Gasteiger partial charge in [-0.2, -0.15) is 9.13 Å². The summed E-state index contributed by atoms with van der Waals surface area (Å²) in [5.41, 5.74) is 3.64. The van der Waals surface area contributed by atoms with Gasteiger partial charge in [-0.15, -0.1) is 0 Å². The van der Waals surface area contributed by atoms with Gasteiger partial charge in [-0.3, -0.25) is 4.74 Å². The zero-order valence-corrected chi connectivity index (χ0v) is 19.3. The number of ether oxygens (including phenoxy) is 1. The molecule has 0 radical (unpaired) electrons. The number of oxime groups is 1. The highest BCUT2D eigenvalue weighted by atomic mass is 127. The summed E-state index contributed by atoms with van der Waals surface area (Å²) in [6.07, 6.45) is 5.09. The van der Waals surface area contributed by atoms with Crippen LogP contribution in [0.15, 0.2) is 78.2 Å². The predicted octanol–water partition coefficient (Wildman–Crippen LogP) is -4.13. The number of hydrogen-bond donors (Lipinski definition) is 2. The fraction of sp³-hybridized carbons (Fsp3) is 0.150. The number of aliphatic hydroxyl groups excluding tert-OH is 1. The molecule has 3 aromatic rings. The Bertz CT molecular complexity index is 893. The van der Waals surface area contributed by atoms with Gasteiger partial charge in [0.2, 0.25) is 11.4 Å². The average molecular weight is 605 g/mol. The van der Waals surface area contributed by atoms with Crippen LogP contribution in [-0.4, -0.2) is 16.5 Å². The molecular formula is C20H21I2N3O3. The van der Waals surface area contributed by atoms with Crippen molar-refractivity contribution in [2.45, 2.75) is 20.1 Å². The standard InChI is InChI=1S/C20H20N3O3.2HI/c24-14-20-12-18(17-6-2-1-3-7-17)9-11-23(20)16-26-15-22-10-5-4-8-19(22)13-21-25;;/h1-13,24H,14-16H2;2*1H/q+1;;/p-1. The summed E-state index contributed by atoms with van der Waals surface area (Å²) < 4.78 is 9.43. The minimum Gasteiger partial charge on any atom is -1.00 e. The highest BCUT2D eigenvalue weighted by Gasteiger charge is 2.14. The number of benzene rings is 1. The van der Waals surface area contributed by atoms with Crippen molar-refractivity contribution in [3.05, 3.63) is 84.4 Å². The van der Waals surface area contributed by atoms with E-state index >= 15 is 0 Å². The highest BCUT2D eigenvalue weighted by molar-refractivity contribution is 5.74. The lowest BCUT2D eigenvalue weighted by Crippen LogP contribution is -3.00. The van der Waals surface area contributed by atoms with Crippen molar-refractivity contribution in [3.63, 3.8) is 0 Å². The first kappa shape index (κ1) is 24.4. The van der Waals surface area contributed by atoms with E-state index in [0.29, 0.717) is 13.5 Å². The monoisotopic (exact) mass is 605 g/mol. The fourth-order valence-corrected chi connectivity index (χ4v) is 2.67. The summed E-state index contributed by atoms with van der Waals surface area (Å²) in [4.78, 5) is 0. The van der Waals surface area contributed by atoms with E-state index in [0.717, 1.165) is 22.5 Å². The number of aliphatic hydroxyl groups is 1. The Morgan fingerprint density at radius 1 is 0.857 bits per heavy atom. The van der Waals surface area contributed by atoms with Gasteiger partial charge in [-0.1, -0.05) is 35.5 Å². The largest absolute Gasteiger partial charge is 1.00 e. The lowest BCUT2D eigenvalue weighted by Gasteiger charge is -2.06. The molecule has 0 amide bonds. The first-order valence-electron chi connectivity index (χ1n) is 8.24. The van der Waals surface area contributed by atoms with Gasteiger partial charge in [0, 0.05) is 24.3 Å². The first-order chi connectivity index (χ1) is 12.8. The molecule has 28 heavy (non-hydrogen) atoms. The Labute approximate surface area is 198 Å². The Morgan fingerprint density at radius 3 is 2.29 bits per heavy atom. The molecule has 0 saturated heterocycles. The molecule has 0 fully saturated rings. The van der Waals surface area contributed by atoms with Gasteiger partial charge in [0.25, 0.3) is 13.5 Å². The van der Waals surface area contributed by atoms with Gasteiger partial charge < -0.3 is 58.3 Å². The molecule has 6 nitrogen and oxygen atoms in total. The molecule has 0 aliphatic heterocycles. The van der Waals surface area contributed by atoms with E-state index in [-0.39, 0.29) is 54.6 Å². The quantitative estimate of drug-likeness (QED) is 0.0947. The van der Waals surface area contributed by atoms with Crippen molar-refractivity contribution in [2.75, 3.05) is 0 Å². The van der Waals surface area contributed by atoms with E-state index in [2.05, 4.69) is 5.16 Å². The number of rotatable bonds is 7. The summed E-state index contributed by atoms with van der Waals surface area (Å²) in [6, 6.07) is 19.5. The molecule has 0 unspecified atom stereocenters. The predicted molar refractivity (Wildman–Crippen MR) is 95.1 cm³/mol. The second kappa shape index (κ2) is 12.8. The molecule has 1 aromatic carbocycles. The molecule has 3 rings (SSSR count). The van der Waals surface area contributed by atoms with Crippen LogP contribution in [0.25, 0.3) is 11.1 Å². The van der Waals surface area contributed by atoms with Gasteiger partial charge in [-0.25, -0.2) is 0 Å². The average Bonchev–Trinajstić information content (AvgIpc) is 2.70. The minimum atomic E-state index is -0.0784. The molecule has 2 aromatic heterocycles. The zero-order valence-electron chi connectivity index (χ0n) is 15.0. The van der Waals surface area contributed by atoms with Gasteiger partial charge in [0.15, 0.2) is 12.4 Å². The van der Waals surface area contributed by atoms with E-state index in [1.165, 1.54) is 6.21 Å². The normalized spacial score (nSPS) is 10.3. The maximum atomic E-state index is 9.69. The third kappa shape index (κ3) is 6.47. The molecule has 0 aliphatic carbocycles. The third-order valence-electron chi connectivity index (χ3n) is 4.02. The minimum absolute atomic E-state index is 0. The van der Waals surface area contributed by atoms with Crippen LogP contribution in [0.3, 0.4) is 0 Å². The molecule has 148 valence electrons. The van der Waals surface area contributed by atoms with Crippen LogP contribution in [-0.2, 0) is 24.8 Å². The molecule has 0 spiro atoms. The smallest absolute Gasteiger partial charge is 0.258 e. The van der Waals surface area contributed by atoms with E-state index in [4.69, 9.17) is 9.94 Å². The van der Waals surface area contributed by atoms with Crippen LogP contribution in [0, 0.1) is 0 Å². The molecule has 0 aliphatic rings. The number of halogens is 2. The summed E-state index contributed by atoms with van der Waals surface area (Å²) >= 11 is 0. The molecular weight excluding hydrogens is 584 g/mol. The van der Waals surface area contributed by atoms with Gasteiger partial charge in [0.05, 0.1) is 0 Å². The molecule has 2 heterocycles.